The molecule has 25 heavy (non-hydrogen) atoms. The van der Waals surface area contributed by atoms with Crippen molar-refractivity contribution >= 4 is 36.5 Å². The molecule has 8 heteroatoms. The quantitative estimate of drug-likeness (QED) is 0.803. The second-order valence-electron chi connectivity index (χ2n) is 6.27. The normalized spacial score (nSPS) is 22.7. The van der Waals surface area contributed by atoms with Crippen molar-refractivity contribution in [3.8, 4) is 0 Å². The number of nitrogens with zero attached hydrogens (tertiary/aromatic N) is 2. The number of ether oxygens (including phenoxy) is 1. The number of hydrogen-bond acceptors (Lipinski definition) is 5. The predicted molar refractivity (Wildman–Crippen MR) is 104 cm³/mol. The van der Waals surface area contributed by atoms with Crippen LogP contribution in [0.3, 0.4) is 0 Å². The fourth-order valence-electron chi connectivity index (χ4n) is 3.31. The number of carbonyl (C=O) groups excluding carboxylic acids is 1. The largest absolute Gasteiger partial charge is 0.378 e. The van der Waals surface area contributed by atoms with Crippen molar-refractivity contribution < 1.29 is 9.53 Å². The molecule has 2 fully saturated rings. The van der Waals surface area contributed by atoms with Crippen LogP contribution in [0.25, 0.3) is 0 Å². The maximum absolute atomic E-state index is 12.5. The molecule has 1 atom stereocenters. The molecule has 1 unspecified atom stereocenters. The second-order valence-corrected chi connectivity index (χ2v) is 6.27. The Bertz CT molecular complexity index is 530. The highest BCUT2D eigenvalue weighted by Crippen LogP contribution is 2.23. The molecule has 3 rings (SSSR count). The third-order valence-corrected chi connectivity index (χ3v) is 4.88. The van der Waals surface area contributed by atoms with Gasteiger partial charge in [0.25, 0.3) is 0 Å². The summed E-state index contributed by atoms with van der Waals surface area (Å²) in [6.45, 7) is 6.80. The van der Waals surface area contributed by atoms with Gasteiger partial charge in [0.1, 0.15) is 5.82 Å². The average molecular weight is 391 g/mol. The summed E-state index contributed by atoms with van der Waals surface area (Å²) in [5.41, 5.74) is 0.654. The smallest absolute Gasteiger partial charge is 0.240 e. The van der Waals surface area contributed by atoms with E-state index < -0.39 is 0 Å². The van der Waals surface area contributed by atoms with E-state index in [1.807, 2.05) is 18.3 Å². The lowest BCUT2D eigenvalue weighted by molar-refractivity contribution is -0.127. The highest BCUT2D eigenvalue weighted by atomic mass is 35.5. The molecule has 2 aliphatic rings. The molecule has 1 amide bonds. The van der Waals surface area contributed by atoms with Crippen LogP contribution >= 0.6 is 24.8 Å². The topological polar surface area (TPSA) is 66.5 Å². The summed E-state index contributed by atoms with van der Waals surface area (Å²) in [5.74, 6) is 1.08. The Morgan fingerprint density at radius 3 is 2.68 bits per heavy atom. The minimum Gasteiger partial charge on any atom is -0.378 e. The van der Waals surface area contributed by atoms with Gasteiger partial charge in [0.05, 0.1) is 18.8 Å². The molecule has 0 saturated carbocycles. The molecule has 0 aromatic carbocycles. The molecule has 1 aromatic heterocycles. The summed E-state index contributed by atoms with van der Waals surface area (Å²) in [5, 5.41) is 6.42. The van der Waals surface area contributed by atoms with E-state index in [1.54, 1.807) is 0 Å². The lowest BCUT2D eigenvalue weighted by Crippen LogP contribution is -2.52. The first kappa shape index (κ1) is 22.0. The molecule has 2 aliphatic heterocycles. The number of nitrogens with one attached hydrogen (secondary N) is 2. The van der Waals surface area contributed by atoms with Crippen LogP contribution in [0.15, 0.2) is 18.3 Å². The fourth-order valence-corrected chi connectivity index (χ4v) is 3.31. The van der Waals surface area contributed by atoms with Gasteiger partial charge in [-0.2, -0.15) is 0 Å². The number of carbonyl (C=O) groups is 1. The molecule has 0 bridgehead atoms. The average Bonchev–Trinajstić information content (AvgIpc) is 3.11. The van der Waals surface area contributed by atoms with E-state index in [0.29, 0.717) is 6.54 Å². The zero-order chi connectivity index (χ0) is 16.1. The highest BCUT2D eigenvalue weighted by Gasteiger charge is 2.38. The van der Waals surface area contributed by atoms with Gasteiger partial charge in [0.15, 0.2) is 0 Å². The summed E-state index contributed by atoms with van der Waals surface area (Å²) >= 11 is 0. The monoisotopic (exact) mass is 390 g/mol. The minimum absolute atomic E-state index is 0. The first-order valence-electron chi connectivity index (χ1n) is 8.54. The minimum atomic E-state index is -0.374. The van der Waals surface area contributed by atoms with E-state index >= 15 is 0 Å². The van der Waals surface area contributed by atoms with Gasteiger partial charge in [0, 0.05) is 25.8 Å². The maximum Gasteiger partial charge on any atom is 0.240 e. The fraction of sp³-hybridized carbons (Fsp3) is 0.647. The molecule has 2 N–H and O–H groups in total. The van der Waals surface area contributed by atoms with Crippen LogP contribution in [0, 0.1) is 0 Å². The molecule has 6 nitrogen and oxygen atoms in total. The van der Waals surface area contributed by atoms with Gasteiger partial charge in [-0.15, -0.1) is 24.8 Å². The van der Waals surface area contributed by atoms with E-state index in [2.05, 4.69) is 27.4 Å². The van der Waals surface area contributed by atoms with Crippen LogP contribution in [0.2, 0.25) is 0 Å². The number of hydrogen-bond donors (Lipinski definition) is 2. The van der Waals surface area contributed by atoms with Crippen LogP contribution in [-0.2, 0) is 16.1 Å². The van der Waals surface area contributed by atoms with Crippen molar-refractivity contribution in [1.29, 1.82) is 0 Å². The molecule has 3 heterocycles. The zero-order valence-electron chi connectivity index (χ0n) is 14.6. The van der Waals surface area contributed by atoms with Crippen molar-refractivity contribution in [2.24, 2.45) is 0 Å². The third-order valence-electron chi connectivity index (χ3n) is 4.88. The molecule has 1 aromatic rings. The van der Waals surface area contributed by atoms with Gasteiger partial charge in [-0.25, -0.2) is 4.98 Å². The Labute approximate surface area is 161 Å². The molecule has 2 saturated heterocycles. The summed E-state index contributed by atoms with van der Waals surface area (Å²) in [6.07, 6.45) is 4.67. The first-order valence-corrected chi connectivity index (χ1v) is 8.54. The van der Waals surface area contributed by atoms with E-state index in [4.69, 9.17) is 4.74 Å². The number of amides is 1. The number of morpholine rings is 1. The molecule has 0 radical (unpaired) electrons. The molecule has 0 aliphatic carbocycles. The predicted octanol–water partition coefficient (Wildman–Crippen LogP) is 1.91. The summed E-state index contributed by atoms with van der Waals surface area (Å²) in [4.78, 5) is 19.2. The Balaban J connectivity index is 0.00000156. The SMILES string of the molecule is CCC1(C(=O)NCc2ccc(N3CCOCC3)nc2)CCCN1.Cl.Cl. The maximum atomic E-state index is 12.5. The zero-order valence-corrected chi connectivity index (χ0v) is 16.3. The Hall–Kier alpha value is -1.08. The van der Waals surface area contributed by atoms with Crippen LogP contribution in [0.1, 0.15) is 31.7 Å². The van der Waals surface area contributed by atoms with Gasteiger partial charge in [0.2, 0.25) is 5.91 Å². The van der Waals surface area contributed by atoms with Crippen LogP contribution in [-0.4, -0.2) is 49.3 Å². The molecular weight excluding hydrogens is 363 g/mol. The van der Waals surface area contributed by atoms with Gasteiger partial charge in [-0.05, 0) is 37.4 Å². The summed E-state index contributed by atoms with van der Waals surface area (Å²) in [6, 6.07) is 4.06. The highest BCUT2D eigenvalue weighted by molar-refractivity contribution is 5.86. The molecule has 142 valence electrons. The van der Waals surface area contributed by atoms with Crippen molar-refractivity contribution in [2.45, 2.75) is 38.3 Å². The number of pyridine rings is 1. The number of halogens is 2. The van der Waals surface area contributed by atoms with Gasteiger partial charge in [-0.3, -0.25) is 4.79 Å². The van der Waals surface area contributed by atoms with Gasteiger partial charge >= 0.3 is 0 Å². The van der Waals surface area contributed by atoms with Gasteiger partial charge < -0.3 is 20.3 Å². The molecule has 0 spiro atoms. The Kier molecular flexibility index (Phi) is 8.93. The van der Waals surface area contributed by atoms with Crippen LogP contribution in [0.5, 0.6) is 0 Å². The van der Waals surface area contributed by atoms with Crippen LogP contribution < -0.4 is 15.5 Å². The second kappa shape index (κ2) is 10.2. The van der Waals surface area contributed by atoms with Crippen molar-refractivity contribution in [3.63, 3.8) is 0 Å². The number of rotatable bonds is 5. The van der Waals surface area contributed by atoms with Crippen LogP contribution in [0.4, 0.5) is 5.82 Å². The third kappa shape index (κ3) is 5.20. The van der Waals surface area contributed by atoms with Crippen molar-refractivity contribution in [2.75, 3.05) is 37.7 Å². The van der Waals surface area contributed by atoms with E-state index in [1.165, 1.54) is 0 Å². The van der Waals surface area contributed by atoms with Crippen molar-refractivity contribution in [1.82, 2.24) is 15.6 Å². The summed E-state index contributed by atoms with van der Waals surface area (Å²) in [7, 11) is 0. The number of anilines is 1. The Morgan fingerprint density at radius 1 is 1.36 bits per heavy atom. The summed E-state index contributed by atoms with van der Waals surface area (Å²) < 4.78 is 5.36. The van der Waals surface area contributed by atoms with E-state index in [9.17, 15) is 4.79 Å². The standard InChI is InChI=1S/C17H26N4O2.2ClH/c1-2-17(6-3-7-20-17)16(22)19-13-14-4-5-15(18-12-14)21-8-10-23-11-9-21;;/h4-5,12,20H,2-3,6-11,13H2,1H3,(H,19,22);2*1H. The number of aromatic nitrogens is 1. The van der Waals surface area contributed by atoms with E-state index in [0.717, 1.165) is 63.5 Å². The van der Waals surface area contributed by atoms with Gasteiger partial charge in [-0.1, -0.05) is 13.0 Å². The van der Waals surface area contributed by atoms with E-state index in [-0.39, 0.29) is 36.3 Å². The Morgan fingerprint density at radius 2 is 2.12 bits per heavy atom. The molecular formula is C17H28Cl2N4O2. The van der Waals surface area contributed by atoms with Crippen molar-refractivity contribution in [3.05, 3.63) is 23.9 Å². The lowest BCUT2D eigenvalue weighted by Gasteiger charge is -2.28. The first-order chi connectivity index (χ1) is 11.2. The lowest BCUT2D eigenvalue weighted by atomic mass is 9.93.